The SMILES string of the molecule is COC(=O)CCCNC(=O)c1cc(OC)c(Br)c(OC)c1. The highest BCUT2D eigenvalue weighted by Gasteiger charge is 2.14. The van der Waals surface area contributed by atoms with Gasteiger partial charge in [-0.1, -0.05) is 0 Å². The molecule has 1 amide bonds. The fraction of sp³-hybridized carbons (Fsp3) is 0.429. The number of rotatable bonds is 7. The number of benzene rings is 1. The van der Waals surface area contributed by atoms with E-state index < -0.39 is 0 Å². The summed E-state index contributed by atoms with van der Waals surface area (Å²) in [5, 5.41) is 2.73. The maximum absolute atomic E-state index is 12.1. The molecule has 0 bridgehead atoms. The minimum absolute atomic E-state index is 0.260. The summed E-state index contributed by atoms with van der Waals surface area (Å²) < 4.78 is 15.5. The van der Waals surface area contributed by atoms with Gasteiger partial charge in [-0.2, -0.15) is 0 Å². The first-order chi connectivity index (χ1) is 10.0. The summed E-state index contributed by atoms with van der Waals surface area (Å²) in [7, 11) is 4.36. The molecule has 1 N–H and O–H groups in total. The van der Waals surface area contributed by atoms with Crippen LogP contribution in [0.15, 0.2) is 16.6 Å². The molecule has 0 spiro atoms. The molecule has 6 nitrogen and oxygen atoms in total. The van der Waals surface area contributed by atoms with E-state index in [0.717, 1.165) is 0 Å². The number of carbonyl (C=O) groups excluding carboxylic acids is 2. The maximum Gasteiger partial charge on any atom is 0.305 e. The molecule has 0 saturated carbocycles. The number of carbonyl (C=O) groups is 2. The Hall–Kier alpha value is -1.76. The van der Waals surface area contributed by atoms with Crippen molar-refractivity contribution < 1.29 is 23.8 Å². The van der Waals surface area contributed by atoms with Gasteiger partial charge in [-0.15, -0.1) is 0 Å². The Morgan fingerprint density at radius 2 is 1.71 bits per heavy atom. The van der Waals surface area contributed by atoms with E-state index >= 15 is 0 Å². The van der Waals surface area contributed by atoms with E-state index in [4.69, 9.17) is 9.47 Å². The van der Waals surface area contributed by atoms with Crippen molar-refractivity contribution >= 4 is 27.8 Å². The lowest BCUT2D eigenvalue weighted by atomic mass is 10.2. The average Bonchev–Trinajstić information content (AvgIpc) is 2.51. The first-order valence-electron chi connectivity index (χ1n) is 6.30. The third-order valence-corrected chi connectivity index (χ3v) is 3.56. The van der Waals surface area contributed by atoms with Gasteiger partial charge in [0.05, 0.1) is 21.3 Å². The van der Waals surface area contributed by atoms with Crippen molar-refractivity contribution in [2.45, 2.75) is 12.8 Å². The van der Waals surface area contributed by atoms with Crippen molar-refractivity contribution in [3.8, 4) is 11.5 Å². The first kappa shape index (κ1) is 17.3. The number of nitrogens with one attached hydrogen (secondary N) is 1. The first-order valence-corrected chi connectivity index (χ1v) is 7.09. The monoisotopic (exact) mass is 359 g/mol. The molecule has 0 heterocycles. The molecular weight excluding hydrogens is 342 g/mol. The van der Waals surface area contributed by atoms with Gasteiger partial charge in [-0.05, 0) is 34.5 Å². The van der Waals surface area contributed by atoms with E-state index in [-0.39, 0.29) is 18.3 Å². The smallest absolute Gasteiger partial charge is 0.305 e. The Balaban J connectivity index is 2.67. The van der Waals surface area contributed by atoms with Gasteiger partial charge in [0.15, 0.2) is 0 Å². The molecule has 116 valence electrons. The fourth-order valence-electron chi connectivity index (χ4n) is 1.64. The number of methoxy groups -OCH3 is 3. The molecule has 1 aromatic rings. The van der Waals surface area contributed by atoms with Crippen molar-refractivity contribution in [3.05, 3.63) is 22.2 Å². The van der Waals surface area contributed by atoms with Crippen LogP contribution in [0.5, 0.6) is 11.5 Å². The Morgan fingerprint density at radius 3 is 2.19 bits per heavy atom. The highest BCUT2D eigenvalue weighted by atomic mass is 79.9. The van der Waals surface area contributed by atoms with Crippen LogP contribution in [0.1, 0.15) is 23.2 Å². The summed E-state index contributed by atoms with van der Waals surface area (Å²) in [6.45, 7) is 0.384. The molecule has 0 aromatic heterocycles. The summed E-state index contributed by atoms with van der Waals surface area (Å²) in [5.74, 6) is 0.461. The number of ether oxygens (including phenoxy) is 3. The zero-order valence-corrected chi connectivity index (χ0v) is 13.8. The van der Waals surface area contributed by atoms with Crippen LogP contribution in [0, 0.1) is 0 Å². The van der Waals surface area contributed by atoms with Crippen molar-refractivity contribution in [3.63, 3.8) is 0 Å². The third kappa shape index (κ3) is 4.93. The molecule has 0 unspecified atom stereocenters. The average molecular weight is 360 g/mol. The highest BCUT2D eigenvalue weighted by Crippen LogP contribution is 2.35. The van der Waals surface area contributed by atoms with Crippen molar-refractivity contribution in [1.82, 2.24) is 5.32 Å². The van der Waals surface area contributed by atoms with Gasteiger partial charge in [-0.3, -0.25) is 9.59 Å². The quantitative estimate of drug-likeness (QED) is 0.596. The molecule has 0 radical (unpaired) electrons. The molecule has 1 rings (SSSR count). The van der Waals surface area contributed by atoms with Gasteiger partial charge in [0.2, 0.25) is 0 Å². The van der Waals surface area contributed by atoms with Gasteiger partial charge in [0.25, 0.3) is 5.91 Å². The van der Waals surface area contributed by atoms with Gasteiger partial charge in [0.1, 0.15) is 16.0 Å². The van der Waals surface area contributed by atoms with E-state index in [1.54, 1.807) is 12.1 Å². The summed E-state index contributed by atoms with van der Waals surface area (Å²) >= 11 is 3.34. The fourth-order valence-corrected chi connectivity index (χ4v) is 2.19. The standard InChI is InChI=1S/C14H18BrNO5/c1-19-10-7-9(8-11(20-2)13(10)15)14(18)16-6-4-5-12(17)21-3/h7-8H,4-6H2,1-3H3,(H,16,18). The molecule has 0 saturated heterocycles. The van der Waals surface area contributed by atoms with Crippen molar-refractivity contribution in [2.24, 2.45) is 0 Å². The van der Waals surface area contributed by atoms with Crippen LogP contribution in [0.2, 0.25) is 0 Å². The minimum atomic E-state index is -0.295. The summed E-state index contributed by atoms with van der Waals surface area (Å²) in [5.41, 5.74) is 0.421. The van der Waals surface area contributed by atoms with E-state index in [2.05, 4.69) is 26.0 Å². The number of esters is 1. The summed E-state index contributed by atoms with van der Waals surface area (Å²) in [4.78, 5) is 23.0. The van der Waals surface area contributed by atoms with Crippen LogP contribution in [0.4, 0.5) is 0 Å². The number of halogens is 1. The second-order valence-corrected chi connectivity index (χ2v) is 4.92. The van der Waals surface area contributed by atoms with Gasteiger partial charge in [-0.25, -0.2) is 0 Å². The number of hydrogen-bond donors (Lipinski definition) is 1. The Labute approximate surface area is 131 Å². The minimum Gasteiger partial charge on any atom is -0.495 e. The van der Waals surface area contributed by atoms with E-state index in [9.17, 15) is 9.59 Å². The topological polar surface area (TPSA) is 73.9 Å². The van der Waals surface area contributed by atoms with Crippen LogP contribution < -0.4 is 14.8 Å². The van der Waals surface area contributed by atoms with Crippen LogP contribution in [0.3, 0.4) is 0 Å². The molecule has 0 aliphatic heterocycles. The van der Waals surface area contributed by atoms with Crippen LogP contribution in [0.25, 0.3) is 0 Å². The largest absolute Gasteiger partial charge is 0.495 e. The zero-order chi connectivity index (χ0) is 15.8. The molecule has 0 fully saturated rings. The predicted molar refractivity (Wildman–Crippen MR) is 80.8 cm³/mol. The molecule has 0 atom stereocenters. The lowest BCUT2D eigenvalue weighted by Gasteiger charge is -2.11. The number of hydrogen-bond acceptors (Lipinski definition) is 5. The highest BCUT2D eigenvalue weighted by molar-refractivity contribution is 9.10. The molecule has 7 heteroatoms. The Morgan fingerprint density at radius 1 is 1.14 bits per heavy atom. The predicted octanol–water partition coefficient (Wildman–Crippen LogP) is 2.15. The van der Waals surface area contributed by atoms with Crippen molar-refractivity contribution in [1.29, 1.82) is 0 Å². The normalized spacial score (nSPS) is 9.90. The van der Waals surface area contributed by atoms with Crippen molar-refractivity contribution in [2.75, 3.05) is 27.9 Å². The van der Waals surface area contributed by atoms with E-state index in [1.807, 2.05) is 0 Å². The lowest BCUT2D eigenvalue weighted by Crippen LogP contribution is -2.25. The van der Waals surface area contributed by atoms with Crippen LogP contribution in [-0.2, 0) is 9.53 Å². The maximum atomic E-state index is 12.1. The molecule has 0 aliphatic rings. The summed E-state index contributed by atoms with van der Waals surface area (Å²) in [6.07, 6.45) is 0.785. The van der Waals surface area contributed by atoms with Crippen LogP contribution >= 0.6 is 15.9 Å². The second-order valence-electron chi connectivity index (χ2n) is 4.13. The van der Waals surface area contributed by atoms with Gasteiger partial charge >= 0.3 is 5.97 Å². The summed E-state index contributed by atoms with van der Waals surface area (Å²) in [6, 6.07) is 3.23. The van der Waals surface area contributed by atoms with Crippen LogP contribution in [-0.4, -0.2) is 39.8 Å². The Kier molecular flexibility index (Phi) is 7.01. The van der Waals surface area contributed by atoms with Gasteiger partial charge in [0, 0.05) is 18.5 Å². The van der Waals surface area contributed by atoms with E-state index in [1.165, 1.54) is 21.3 Å². The lowest BCUT2D eigenvalue weighted by molar-refractivity contribution is -0.140. The zero-order valence-electron chi connectivity index (χ0n) is 12.2. The Bertz CT molecular complexity index is 493. The van der Waals surface area contributed by atoms with Gasteiger partial charge < -0.3 is 19.5 Å². The second kappa shape index (κ2) is 8.51. The third-order valence-electron chi connectivity index (χ3n) is 2.78. The molecule has 0 aliphatic carbocycles. The molecular formula is C14H18BrNO5. The van der Waals surface area contributed by atoms with E-state index in [0.29, 0.717) is 34.5 Å². The molecule has 1 aromatic carbocycles. The number of amides is 1. The molecule has 21 heavy (non-hydrogen) atoms.